The Morgan fingerprint density at radius 2 is 1.67 bits per heavy atom. The number of nitrogens with zero attached hydrogens (tertiary/aromatic N) is 1. The molecule has 0 aromatic heterocycles. The maximum absolute atomic E-state index is 13.6. The number of aliphatic hydroxyl groups excluding tert-OH is 1. The fourth-order valence-corrected chi connectivity index (χ4v) is 6.35. The molecular formula is C32H31F2N3O7S. The van der Waals surface area contributed by atoms with Gasteiger partial charge in [-0.15, -0.1) is 11.8 Å². The summed E-state index contributed by atoms with van der Waals surface area (Å²) in [4.78, 5) is 50.8. The highest BCUT2D eigenvalue weighted by molar-refractivity contribution is 8.00. The van der Waals surface area contributed by atoms with Crippen molar-refractivity contribution in [3.05, 3.63) is 95.6 Å². The minimum Gasteiger partial charge on any atom is -0.484 e. The van der Waals surface area contributed by atoms with Crippen molar-refractivity contribution in [2.45, 2.75) is 36.3 Å². The molecule has 2 aliphatic rings. The lowest BCUT2D eigenvalue weighted by Crippen LogP contribution is -2.57. The fraction of sp³-hybridized carbons (Fsp3) is 0.312. The predicted molar refractivity (Wildman–Crippen MR) is 161 cm³/mol. The van der Waals surface area contributed by atoms with Crippen LogP contribution in [0.25, 0.3) is 0 Å². The van der Waals surface area contributed by atoms with Gasteiger partial charge in [-0.2, -0.15) is 0 Å². The lowest BCUT2D eigenvalue weighted by Gasteiger charge is -2.47. The highest BCUT2D eigenvalue weighted by atomic mass is 32.2. The summed E-state index contributed by atoms with van der Waals surface area (Å²) < 4.78 is 37.2. The van der Waals surface area contributed by atoms with Crippen molar-refractivity contribution in [1.29, 1.82) is 0 Å². The largest absolute Gasteiger partial charge is 0.484 e. The number of hydrogen-bond acceptors (Lipinski definition) is 9. The number of thioether (sulfide) groups is 1. The molecule has 3 aromatic carbocycles. The van der Waals surface area contributed by atoms with Gasteiger partial charge >= 0.3 is 11.9 Å². The van der Waals surface area contributed by atoms with Crippen LogP contribution in [0.4, 0.5) is 14.5 Å². The van der Waals surface area contributed by atoms with Crippen LogP contribution in [0.15, 0.2) is 72.8 Å². The molecule has 2 fully saturated rings. The molecule has 0 radical (unpaired) electrons. The zero-order valence-electron chi connectivity index (χ0n) is 24.0. The molecule has 1 unspecified atom stereocenters. The third kappa shape index (κ3) is 8.04. The molecule has 5 rings (SSSR count). The Morgan fingerprint density at radius 1 is 1.00 bits per heavy atom. The van der Waals surface area contributed by atoms with E-state index in [4.69, 9.17) is 9.47 Å². The first-order chi connectivity index (χ1) is 21.7. The Bertz CT molecular complexity index is 1520. The van der Waals surface area contributed by atoms with Gasteiger partial charge in [0.05, 0.1) is 12.1 Å². The summed E-state index contributed by atoms with van der Waals surface area (Å²) in [7, 11) is 0. The van der Waals surface area contributed by atoms with Gasteiger partial charge in [-0.1, -0.05) is 24.3 Å². The minimum absolute atomic E-state index is 0.186. The molecule has 3 aromatic rings. The Kier molecular flexibility index (Phi) is 10.4. The van der Waals surface area contributed by atoms with Crippen LogP contribution in [-0.2, 0) is 23.9 Å². The first-order valence-corrected chi connectivity index (χ1v) is 15.4. The number of rotatable bonds is 12. The van der Waals surface area contributed by atoms with Gasteiger partial charge in [0.2, 0.25) is 5.91 Å². The maximum atomic E-state index is 13.6. The molecule has 236 valence electrons. The maximum Gasteiger partial charge on any atom is 0.333 e. The number of β-lactam (4-membered cyclic amide) rings is 1. The quantitative estimate of drug-likeness (QED) is 0.155. The lowest BCUT2D eigenvalue weighted by molar-refractivity contribution is -0.160. The summed E-state index contributed by atoms with van der Waals surface area (Å²) in [6.07, 6.45) is 0.487. The molecule has 3 N–H and O–H groups in total. The zero-order chi connectivity index (χ0) is 31.9. The number of ether oxygens (including phenoxy) is 2. The Hall–Kier alpha value is -4.33. The minimum atomic E-state index is -0.919. The van der Waals surface area contributed by atoms with Gasteiger partial charge in [0.1, 0.15) is 35.2 Å². The average molecular weight is 640 g/mol. The van der Waals surface area contributed by atoms with Crippen molar-refractivity contribution in [3.8, 4) is 5.75 Å². The fourth-order valence-electron chi connectivity index (χ4n) is 5.05. The molecule has 2 amide bonds. The second-order valence-electron chi connectivity index (χ2n) is 10.5. The van der Waals surface area contributed by atoms with Gasteiger partial charge in [-0.3, -0.25) is 9.59 Å². The first kappa shape index (κ1) is 32.1. The van der Waals surface area contributed by atoms with E-state index in [2.05, 4.69) is 10.6 Å². The number of carbonyl (C=O) groups excluding carboxylic acids is 4. The third-order valence-electron chi connectivity index (χ3n) is 7.42. The standard InChI is InChI=1S/C32H31F2N3O7S/c33-21-7-3-19(4-8-21)26(38)18-45-30-29(37(31(30)41)23-11-9-22(34)10-12-23)20-5-13-24(14-6-20)43-17-27(39)36-16-28(40)44-32(42)25-2-1-15-35-25/h3-14,25-26,29-30,35,38H,1-2,15-18H2,(H,36,39)/t25-,26?,29-,30-/m1/s1. The number of amides is 2. The Morgan fingerprint density at radius 3 is 2.31 bits per heavy atom. The van der Waals surface area contributed by atoms with Gasteiger partial charge in [0, 0.05) is 11.4 Å². The molecule has 0 saturated carbocycles. The molecule has 13 heteroatoms. The number of anilines is 1. The topological polar surface area (TPSA) is 134 Å². The van der Waals surface area contributed by atoms with E-state index in [0.29, 0.717) is 30.0 Å². The summed E-state index contributed by atoms with van der Waals surface area (Å²) in [5, 5.41) is 15.3. The summed E-state index contributed by atoms with van der Waals surface area (Å²) in [6.45, 7) is -0.200. The molecular weight excluding hydrogens is 608 g/mol. The van der Waals surface area contributed by atoms with Crippen molar-refractivity contribution in [2.75, 3.05) is 30.3 Å². The monoisotopic (exact) mass is 639 g/mol. The predicted octanol–water partition coefficient (Wildman–Crippen LogP) is 3.20. The van der Waals surface area contributed by atoms with E-state index in [1.54, 1.807) is 29.2 Å². The highest BCUT2D eigenvalue weighted by Crippen LogP contribution is 2.46. The van der Waals surface area contributed by atoms with Crippen LogP contribution in [0.2, 0.25) is 0 Å². The molecule has 2 saturated heterocycles. The van der Waals surface area contributed by atoms with E-state index in [1.165, 1.54) is 60.3 Å². The number of halogens is 2. The number of aliphatic hydroxyl groups is 1. The van der Waals surface area contributed by atoms with E-state index in [0.717, 1.165) is 12.0 Å². The number of hydrogen-bond donors (Lipinski definition) is 3. The molecule has 0 spiro atoms. The molecule has 10 nitrogen and oxygen atoms in total. The van der Waals surface area contributed by atoms with E-state index in [9.17, 15) is 33.1 Å². The van der Waals surface area contributed by atoms with Crippen LogP contribution >= 0.6 is 11.8 Å². The number of esters is 2. The van der Waals surface area contributed by atoms with Gasteiger partial charge in [0.15, 0.2) is 6.61 Å². The average Bonchev–Trinajstić information content (AvgIpc) is 3.59. The Balaban J connectivity index is 1.17. The van der Waals surface area contributed by atoms with Crippen molar-refractivity contribution < 1.29 is 42.5 Å². The molecule has 4 atom stereocenters. The summed E-state index contributed by atoms with van der Waals surface area (Å²) in [5.41, 5.74) is 1.78. The second kappa shape index (κ2) is 14.6. The van der Waals surface area contributed by atoms with Crippen LogP contribution < -0.4 is 20.3 Å². The highest BCUT2D eigenvalue weighted by Gasteiger charge is 2.49. The zero-order valence-corrected chi connectivity index (χ0v) is 24.8. The summed E-state index contributed by atoms with van der Waals surface area (Å²) in [5.74, 6) is -2.65. The lowest BCUT2D eigenvalue weighted by atomic mass is 9.92. The SMILES string of the molecule is O=C(COc1ccc([C@@H]2[C@@H](SCC(O)c3ccc(F)cc3)C(=O)N2c2ccc(F)cc2)cc1)NCC(=O)OC(=O)[C@H]1CCCN1. The van der Waals surface area contributed by atoms with Gasteiger partial charge < -0.3 is 30.1 Å². The van der Waals surface area contributed by atoms with Crippen molar-refractivity contribution in [2.24, 2.45) is 0 Å². The first-order valence-electron chi connectivity index (χ1n) is 14.3. The smallest absolute Gasteiger partial charge is 0.333 e. The number of carbonyl (C=O) groups is 4. The van der Waals surface area contributed by atoms with Crippen LogP contribution in [0, 0.1) is 11.6 Å². The van der Waals surface area contributed by atoms with Crippen molar-refractivity contribution >= 4 is 41.2 Å². The van der Waals surface area contributed by atoms with Gasteiger partial charge in [-0.05, 0) is 79.0 Å². The van der Waals surface area contributed by atoms with E-state index < -0.39 is 66.1 Å². The van der Waals surface area contributed by atoms with Gasteiger partial charge in [0.25, 0.3) is 5.91 Å². The molecule has 45 heavy (non-hydrogen) atoms. The summed E-state index contributed by atoms with van der Waals surface area (Å²) >= 11 is 1.26. The van der Waals surface area contributed by atoms with Crippen LogP contribution in [0.5, 0.6) is 5.75 Å². The molecule has 0 aliphatic carbocycles. The molecule has 2 aliphatic heterocycles. The van der Waals surface area contributed by atoms with E-state index >= 15 is 0 Å². The van der Waals surface area contributed by atoms with Gasteiger partial charge in [-0.25, -0.2) is 18.4 Å². The third-order valence-corrected chi connectivity index (χ3v) is 8.75. The number of benzene rings is 3. The van der Waals surface area contributed by atoms with Crippen LogP contribution in [-0.4, -0.2) is 65.6 Å². The summed E-state index contributed by atoms with van der Waals surface area (Å²) in [6, 6.07) is 16.9. The van der Waals surface area contributed by atoms with Crippen LogP contribution in [0.1, 0.15) is 36.1 Å². The van der Waals surface area contributed by atoms with Crippen molar-refractivity contribution in [1.82, 2.24) is 10.6 Å². The molecule has 2 heterocycles. The van der Waals surface area contributed by atoms with Crippen molar-refractivity contribution in [3.63, 3.8) is 0 Å². The van der Waals surface area contributed by atoms with Crippen LogP contribution in [0.3, 0.4) is 0 Å². The van der Waals surface area contributed by atoms with E-state index in [1.807, 2.05) is 0 Å². The Labute approximate surface area is 262 Å². The number of nitrogens with one attached hydrogen (secondary N) is 2. The molecule has 0 bridgehead atoms. The second-order valence-corrected chi connectivity index (χ2v) is 11.7. The van der Waals surface area contributed by atoms with E-state index in [-0.39, 0.29) is 11.7 Å². The normalized spacial score (nSPS) is 19.8.